The fourth-order valence-electron chi connectivity index (χ4n) is 1.27. The first-order valence-corrected chi connectivity index (χ1v) is 5.02. The number of aliphatic hydroxyl groups excluding tert-OH is 2. The third-order valence-electron chi connectivity index (χ3n) is 2.20. The van der Waals surface area contributed by atoms with Gasteiger partial charge < -0.3 is 25.4 Å². The Balaban J connectivity index is 2.87. The van der Waals surface area contributed by atoms with Crippen LogP contribution in [0.25, 0.3) is 0 Å². The van der Waals surface area contributed by atoms with Crippen LogP contribution in [0.15, 0.2) is 18.2 Å². The summed E-state index contributed by atoms with van der Waals surface area (Å²) >= 11 is 0. The molecule has 94 valence electrons. The van der Waals surface area contributed by atoms with Crippen LogP contribution < -0.4 is 10.1 Å². The highest BCUT2D eigenvalue weighted by molar-refractivity contribution is 5.94. The number of rotatable bonds is 6. The number of ether oxygens (including phenoxy) is 1. The molecule has 4 N–H and O–H groups in total. The predicted molar refractivity (Wildman–Crippen MR) is 61.5 cm³/mol. The fourth-order valence-corrected chi connectivity index (χ4v) is 1.27. The van der Waals surface area contributed by atoms with Gasteiger partial charge >= 0.3 is 5.97 Å². The standard InChI is InChI=1S/C11H15NO5/c1-17-8-2-3-10(9(4-8)11(15)16)12-5-7(14)6-13/h2-4,7,12-14H,5-6H2,1H3,(H,15,16). The van der Waals surface area contributed by atoms with Gasteiger partial charge in [-0.25, -0.2) is 4.79 Å². The van der Waals surface area contributed by atoms with Crippen LogP contribution in [-0.4, -0.2) is 47.7 Å². The van der Waals surface area contributed by atoms with Crippen molar-refractivity contribution in [3.63, 3.8) is 0 Å². The monoisotopic (exact) mass is 241 g/mol. The molecule has 6 nitrogen and oxygen atoms in total. The molecule has 17 heavy (non-hydrogen) atoms. The van der Waals surface area contributed by atoms with E-state index in [-0.39, 0.29) is 18.7 Å². The van der Waals surface area contributed by atoms with Crippen molar-refractivity contribution in [2.45, 2.75) is 6.10 Å². The van der Waals surface area contributed by atoms with Crippen LogP contribution in [0.5, 0.6) is 5.75 Å². The molecular weight excluding hydrogens is 226 g/mol. The van der Waals surface area contributed by atoms with Crippen LogP contribution >= 0.6 is 0 Å². The van der Waals surface area contributed by atoms with Gasteiger partial charge in [0.25, 0.3) is 0 Å². The Morgan fingerprint density at radius 2 is 2.24 bits per heavy atom. The maximum atomic E-state index is 11.0. The first kappa shape index (κ1) is 13.3. The lowest BCUT2D eigenvalue weighted by atomic mass is 10.1. The van der Waals surface area contributed by atoms with Gasteiger partial charge in [-0.2, -0.15) is 0 Å². The van der Waals surface area contributed by atoms with Crippen molar-refractivity contribution in [1.29, 1.82) is 0 Å². The molecule has 0 saturated carbocycles. The summed E-state index contributed by atoms with van der Waals surface area (Å²) in [5.74, 6) is -0.652. The van der Waals surface area contributed by atoms with Gasteiger partial charge in [0.1, 0.15) is 5.75 Å². The van der Waals surface area contributed by atoms with E-state index in [4.69, 9.17) is 20.1 Å². The minimum Gasteiger partial charge on any atom is -0.497 e. The Hall–Kier alpha value is -1.79. The van der Waals surface area contributed by atoms with Crippen LogP contribution in [0, 0.1) is 0 Å². The van der Waals surface area contributed by atoms with Crippen molar-refractivity contribution >= 4 is 11.7 Å². The summed E-state index contributed by atoms with van der Waals surface area (Å²) in [7, 11) is 1.45. The largest absolute Gasteiger partial charge is 0.497 e. The van der Waals surface area contributed by atoms with E-state index in [0.717, 1.165) is 0 Å². The van der Waals surface area contributed by atoms with E-state index in [0.29, 0.717) is 11.4 Å². The topological polar surface area (TPSA) is 99.0 Å². The smallest absolute Gasteiger partial charge is 0.337 e. The second-order valence-corrected chi connectivity index (χ2v) is 3.43. The normalized spacial score (nSPS) is 11.9. The average molecular weight is 241 g/mol. The van der Waals surface area contributed by atoms with Crippen LogP contribution in [0.3, 0.4) is 0 Å². The van der Waals surface area contributed by atoms with Crippen molar-refractivity contribution in [2.75, 3.05) is 25.6 Å². The third-order valence-corrected chi connectivity index (χ3v) is 2.20. The highest BCUT2D eigenvalue weighted by Gasteiger charge is 2.12. The second kappa shape index (κ2) is 6.07. The Morgan fingerprint density at radius 3 is 2.76 bits per heavy atom. The molecule has 0 fully saturated rings. The predicted octanol–water partition coefficient (Wildman–Crippen LogP) is 0.158. The van der Waals surface area contributed by atoms with Crippen LogP contribution in [0.2, 0.25) is 0 Å². The summed E-state index contributed by atoms with van der Waals surface area (Å²) < 4.78 is 4.93. The number of hydrogen-bond acceptors (Lipinski definition) is 5. The summed E-state index contributed by atoms with van der Waals surface area (Å²) in [6.07, 6.45) is -0.932. The van der Waals surface area contributed by atoms with Crippen LogP contribution in [0.4, 0.5) is 5.69 Å². The van der Waals surface area contributed by atoms with E-state index < -0.39 is 12.1 Å². The molecule has 1 rings (SSSR count). The molecule has 0 spiro atoms. The van der Waals surface area contributed by atoms with Crippen LogP contribution in [0.1, 0.15) is 10.4 Å². The zero-order chi connectivity index (χ0) is 12.8. The van der Waals surface area contributed by atoms with Gasteiger partial charge in [-0.15, -0.1) is 0 Å². The van der Waals surface area contributed by atoms with E-state index in [1.54, 1.807) is 12.1 Å². The number of aliphatic hydroxyl groups is 2. The molecular formula is C11H15NO5. The van der Waals surface area contributed by atoms with Gasteiger partial charge in [0.15, 0.2) is 0 Å². The number of benzene rings is 1. The molecule has 1 aromatic carbocycles. The molecule has 0 heterocycles. The Kier molecular flexibility index (Phi) is 4.74. The Labute approximate surface area is 98.5 Å². The van der Waals surface area contributed by atoms with Crippen LogP contribution in [-0.2, 0) is 0 Å². The lowest BCUT2D eigenvalue weighted by molar-refractivity contribution is 0.0697. The molecule has 0 aromatic heterocycles. The summed E-state index contributed by atoms with van der Waals surface area (Å²) in [5, 5.41) is 29.6. The zero-order valence-corrected chi connectivity index (χ0v) is 9.38. The van der Waals surface area contributed by atoms with E-state index in [1.165, 1.54) is 13.2 Å². The van der Waals surface area contributed by atoms with E-state index in [2.05, 4.69) is 5.32 Å². The molecule has 0 amide bonds. The van der Waals surface area contributed by atoms with Crippen molar-refractivity contribution < 1.29 is 24.9 Å². The van der Waals surface area contributed by atoms with E-state index in [9.17, 15) is 4.79 Å². The number of hydrogen-bond donors (Lipinski definition) is 4. The van der Waals surface area contributed by atoms with Gasteiger partial charge in [-0.3, -0.25) is 0 Å². The lowest BCUT2D eigenvalue weighted by Crippen LogP contribution is -2.23. The van der Waals surface area contributed by atoms with Gasteiger partial charge in [-0.05, 0) is 18.2 Å². The van der Waals surface area contributed by atoms with Gasteiger partial charge in [0, 0.05) is 12.2 Å². The van der Waals surface area contributed by atoms with Crippen molar-refractivity contribution in [2.24, 2.45) is 0 Å². The molecule has 0 aliphatic heterocycles. The Morgan fingerprint density at radius 1 is 1.53 bits per heavy atom. The molecule has 0 radical (unpaired) electrons. The van der Waals surface area contributed by atoms with Gasteiger partial charge in [0.05, 0.1) is 25.4 Å². The van der Waals surface area contributed by atoms with Crippen molar-refractivity contribution in [3.05, 3.63) is 23.8 Å². The van der Waals surface area contributed by atoms with Crippen molar-refractivity contribution in [1.82, 2.24) is 0 Å². The average Bonchev–Trinajstić information content (AvgIpc) is 2.35. The third kappa shape index (κ3) is 3.61. The molecule has 6 heteroatoms. The maximum absolute atomic E-state index is 11.0. The molecule has 1 atom stereocenters. The summed E-state index contributed by atoms with van der Waals surface area (Å²) in [6, 6.07) is 4.54. The molecule has 1 unspecified atom stereocenters. The minimum atomic E-state index is -1.09. The van der Waals surface area contributed by atoms with Crippen molar-refractivity contribution in [3.8, 4) is 5.75 Å². The number of anilines is 1. The van der Waals surface area contributed by atoms with Gasteiger partial charge in [-0.1, -0.05) is 0 Å². The first-order chi connectivity index (χ1) is 8.08. The molecule has 0 aliphatic rings. The number of aromatic carboxylic acids is 1. The van der Waals surface area contributed by atoms with Gasteiger partial charge in [0.2, 0.25) is 0 Å². The SMILES string of the molecule is COc1ccc(NCC(O)CO)c(C(=O)O)c1. The summed E-state index contributed by atoms with van der Waals surface area (Å²) in [4.78, 5) is 11.0. The highest BCUT2D eigenvalue weighted by atomic mass is 16.5. The number of methoxy groups -OCH3 is 1. The maximum Gasteiger partial charge on any atom is 0.337 e. The second-order valence-electron chi connectivity index (χ2n) is 3.43. The fraction of sp³-hybridized carbons (Fsp3) is 0.364. The highest BCUT2D eigenvalue weighted by Crippen LogP contribution is 2.22. The summed E-state index contributed by atoms with van der Waals surface area (Å²) in [5.41, 5.74) is 0.417. The zero-order valence-electron chi connectivity index (χ0n) is 9.38. The quantitative estimate of drug-likeness (QED) is 0.566. The molecule has 1 aromatic rings. The molecule has 0 saturated heterocycles. The Bertz CT molecular complexity index is 393. The minimum absolute atomic E-state index is 0.0505. The van der Waals surface area contributed by atoms with E-state index in [1.807, 2.05) is 0 Å². The number of carboxylic acids is 1. The lowest BCUT2D eigenvalue weighted by Gasteiger charge is -2.13. The number of carboxylic acid groups (broad SMARTS) is 1. The molecule has 0 aliphatic carbocycles. The molecule has 0 bridgehead atoms. The number of nitrogens with one attached hydrogen (secondary N) is 1. The summed E-state index contributed by atoms with van der Waals surface area (Å²) in [6.45, 7) is -0.311. The number of carbonyl (C=O) groups is 1. The first-order valence-electron chi connectivity index (χ1n) is 5.02. The van der Waals surface area contributed by atoms with E-state index >= 15 is 0 Å².